The smallest absolute Gasteiger partial charge is 0.131 e. The third-order valence-corrected chi connectivity index (χ3v) is 23.5. The molecule has 0 amide bonds. The molecule has 4 heteroatoms. The first-order chi connectivity index (χ1) is 59.1. The summed E-state index contributed by atoms with van der Waals surface area (Å²) in [5.41, 5.74) is 38.3. The van der Waals surface area contributed by atoms with E-state index in [0.29, 0.717) is 16.7 Å². The zero-order valence-electron chi connectivity index (χ0n) is 72.5. The average molecular weight is 1800 g/mol. The lowest BCUT2D eigenvalue weighted by Crippen LogP contribution is -1.94. The Balaban J connectivity index is 0.000000868. The molecule has 0 fully saturated rings. The topological polar surface area (TPSA) is 0 Å². The average Bonchev–Trinajstić information content (AvgIpc) is 0.809. The van der Waals surface area contributed by atoms with Crippen LogP contribution >= 0.6 is 0 Å². The molecule has 0 nitrogen and oxygen atoms in total. The van der Waals surface area contributed by atoms with E-state index in [-0.39, 0.29) is 112 Å². The normalized spacial score (nSPS) is 9.96. The van der Waals surface area contributed by atoms with Crippen molar-refractivity contribution < 1.29 is 17.6 Å². The van der Waals surface area contributed by atoms with Crippen molar-refractivity contribution in [3.05, 3.63) is 475 Å². The summed E-state index contributed by atoms with van der Waals surface area (Å²) in [5.74, 6) is -0.666. The summed E-state index contributed by atoms with van der Waals surface area (Å²) < 4.78 is 58.1. The number of hydrogen-bond acceptors (Lipinski definition) is 0. The van der Waals surface area contributed by atoms with Crippen LogP contribution in [0.1, 0.15) is 215 Å². The predicted molar refractivity (Wildman–Crippen MR) is 591 cm³/mol. The monoisotopic (exact) mass is 1800 g/mol. The third-order valence-electron chi connectivity index (χ3n) is 23.5. The molecule has 16 rings (SSSR count). The van der Waals surface area contributed by atoms with Gasteiger partial charge in [0.2, 0.25) is 0 Å². The molecule has 0 aromatic heterocycles. The first kappa shape index (κ1) is 119. The van der Waals surface area contributed by atoms with Crippen molar-refractivity contribution in [3.8, 4) is 89.0 Å². The van der Waals surface area contributed by atoms with Gasteiger partial charge in [-0.05, 0) is 304 Å². The number of halogens is 4. The van der Waals surface area contributed by atoms with Gasteiger partial charge in [-0.15, -0.1) is 0 Å². The second-order valence-electron chi connectivity index (χ2n) is 33.3. The summed E-state index contributed by atoms with van der Waals surface area (Å²) in [6, 6.07) is 121. The Kier molecular flexibility index (Phi) is 51.9. The van der Waals surface area contributed by atoms with E-state index in [1.54, 1.807) is 24.3 Å². The lowest BCUT2D eigenvalue weighted by atomic mass is 9.94. The summed E-state index contributed by atoms with van der Waals surface area (Å²) in [5, 5.41) is 0. The van der Waals surface area contributed by atoms with Crippen molar-refractivity contribution in [3.63, 3.8) is 0 Å². The van der Waals surface area contributed by atoms with Crippen LogP contribution in [0.5, 0.6) is 0 Å². The van der Waals surface area contributed by atoms with Crippen LogP contribution in [-0.2, 0) is 51.4 Å². The molecule has 134 heavy (non-hydrogen) atoms. The van der Waals surface area contributed by atoms with Crippen LogP contribution in [0.4, 0.5) is 17.6 Å². The molecule has 0 bridgehead atoms. The molecule has 0 radical (unpaired) electrons. The molecule has 0 atom stereocenters. The Bertz CT molecular complexity index is 5830. The lowest BCUT2D eigenvalue weighted by molar-refractivity contribution is 0.617. The van der Waals surface area contributed by atoms with Gasteiger partial charge in [0.1, 0.15) is 23.3 Å². The maximum absolute atomic E-state index is 14.6. The van der Waals surface area contributed by atoms with Crippen LogP contribution in [0.15, 0.2) is 352 Å². The minimum atomic E-state index is -0.199. The van der Waals surface area contributed by atoms with Crippen LogP contribution in [0.25, 0.3) is 89.0 Å². The highest BCUT2D eigenvalue weighted by Crippen LogP contribution is 2.34. The van der Waals surface area contributed by atoms with Gasteiger partial charge < -0.3 is 0 Å². The van der Waals surface area contributed by atoms with Crippen LogP contribution < -0.4 is 0 Å². The Labute approximate surface area is 811 Å². The first-order valence-electron chi connectivity index (χ1n) is 43.2. The van der Waals surface area contributed by atoms with Crippen molar-refractivity contribution in [2.45, 2.75) is 235 Å². The molecular formula is C130H160F4. The summed E-state index contributed by atoms with van der Waals surface area (Å²) in [4.78, 5) is 0. The van der Waals surface area contributed by atoms with E-state index in [1.807, 2.05) is 138 Å². The van der Waals surface area contributed by atoms with E-state index in [1.165, 1.54) is 112 Å². The molecule has 0 N–H and O–H groups in total. The fourth-order valence-electron chi connectivity index (χ4n) is 15.6. The predicted octanol–water partition coefficient (Wildman–Crippen LogP) is 40.1. The maximum Gasteiger partial charge on any atom is 0.131 e. The van der Waals surface area contributed by atoms with Crippen molar-refractivity contribution in [2.24, 2.45) is 0 Å². The van der Waals surface area contributed by atoms with E-state index in [0.717, 1.165) is 137 Å². The minimum absolute atomic E-state index is 0. The largest absolute Gasteiger partial charge is 0.207 e. The van der Waals surface area contributed by atoms with Crippen molar-refractivity contribution in [1.82, 2.24) is 0 Å². The Morgan fingerprint density at radius 1 is 0.142 bits per heavy atom. The third kappa shape index (κ3) is 34.1. The molecule has 16 aromatic carbocycles. The van der Waals surface area contributed by atoms with E-state index >= 15 is 0 Å². The maximum atomic E-state index is 14.6. The van der Waals surface area contributed by atoms with Crippen molar-refractivity contribution in [2.75, 3.05) is 0 Å². The first-order valence-corrected chi connectivity index (χ1v) is 43.2. The minimum Gasteiger partial charge on any atom is -0.207 e. The van der Waals surface area contributed by atoms with E-state index in [4.69, 9.17) is 0 Å². The highest BCUT2D eigenvalue weighted by Gasteiger charge is 2.14. The van der Waals surface area contributed by atoms with Crippen molar-refractivity contribution in [1.29, 1.82) is 0 Å². The Morgan fingerprint density at radius 3 is 0.507 bits per heavy atom. The molecular weight excluding hydrogens is 1640 g/mol. The standard InChI is InChI=1S/C31H31F.C29H26F2.C29H27F.C29H28.12CH4/c1-21-8-13-27(14-9-21)28-15-10-25(11-16-28)6-5-7-26-12-17-30(23(3)18-26)29-19-22(2)24(4)31(32)20-29;1-20-6-12-24(13-7-20)26-16-10-22(18-28(26)30)4-3-5-23-11-17-27(29(31)19-23)25-14-8-21(2)9-15-25;1-21-6-13-25(14-7-21)26-17-10-23(11-18-26)4-3-5-24-12-19-28(29(30)20-24)27-15-8-22(2)9-16-27;1-22-6-14-26(15-7-22)28-18-10-24(11-19-28)4-3-5-25-12-20-29(21-13-25)27-16-8-23(2)9-17-27;;;;;;;;;;;;/h8-20H,5-7H2,1-4H3;6-19H,3-5H2,1-2H3;6-20H,3-5H2,1-2H3;6-21H,3-5H2,1-2H3;12*1H4. The SMILES string of the molecule is C.C.C.C.C.C.C.C.C.C.C.C.Cc1ccc(-c2ccc(CCCc3ccc(-c4cc(C)c(C)c(F)c4)c(C)c3)cc2)cc1.Cc1ccc(-c2ccc(CCCc3ccc(-c4ccc(C)cc4)c(F)c3)cc2)cc1.Cc1ccc(-c2ccc(CCCc3ccc(-c4ccc(C)cc4)c(F)c3)cc2F)cc1.Cc1ccc(-c2ccc(CCCc3ccc(-c4ccc(C)cc4)cc3)cc2)cc1. The van der Waals surface area contributed by atoms with Crippen molar-refractivity contribution >= 4 is 0 Å². The fourth-order valence-corrected chi connectivity index (χ4v) is 15.6. The molecule has 0 aliphatic heterocycles. The van der Waals surface area contributed by atoms with Crippen LogP contribution in [0, 0.1) is 92.5 Å². The summed E-state index contributed by atoms with van der Waals surface area (Å²) in [7, 11) is 0. The highest BCUT2D eigenvalue weighted by molar-refractivity contribution is 5.72. The molecule has 0 spiro atoms. The fraction of sp³-hybridized carbons (Fsp3) is 0.262. The van der Waals surface area contributed by atoms with Crippen LogP contribution in [0.2, 0.25) is 0 Å². The zero-order valence-corrected chi connectivity index (χ0v) is 72.5. The molecule has 708 valence electrons. The Hall–Kier alpha value is -12.8. The number of aryl methyl sites for hydroxylation is 17. The van der Waals surface area contributed by atoms with Gasteiger partial charge >= 0.3 is 0 Å². The van der Waals surface area contributed by atoms with Gasteiger partial charge in [0, 0.05) is 16.7 Å². The molecule has 0 heterocycles. The molecule has 0 aliphatic rings. The van der Waals surface area contributed by atoms with E-state index in [9.17, 15) is 17.6 Å². The number of benzene rings is 16. The zero-order chi connectivity index (χ0) is 85.4. The van der Waals surface area contributed by atoms with E-state index in [2.05, 4.69) is 259 Å². The van der Waals surface area contributed by atoms with Gasteiger partial charge in [0.25, 0.3) is 0 Å². The Morgan fingerprint density at radius 2 is 0.313 bits per heavy atom. The summed E-state index contributed by atoms with van der Waals surface area (Å²) >= 11 is 0. The summed E-state index contributed by atoms with van der Waals surface area (Å²) in [6.45, 7) is 20.5. The molecule has 0 unspecified atom stereocenters. The second kappa shape index (κ2) is 58.3. The van der Waals surface area contributed by atoms with Crippen LogP contribution in [0.3, 0.4) is 0 Å². The van der Waals surface area contributed by atoms with Gasteiger partial charge in [-0.25, -0.2) is 17.6 Å². The summed E-state index contributed by atoms with van der Waals surface area (Å²) in [6.07, 6.45) is 11.9. The van der Waals surface area contributed by atoms with Gasteiger partial charge in [-0.3, -0.25) is 0 Å². The van der Waals surface area contributed by atoms with E-state index < -0.39 is 0 Å². The lowest BCUT2D eigenvalue weighted by Gasteiger charge is -2.12. The van der Waals surface area contributed by atoms with Gasteiger partial charge in [0.05, 0.1) is 0 Å². The van der Waals surface area contributed by atoms with Gasteiger partial charge in [-0.1, -0.05) is 456 Å². The highest BCUT2D eigenvalue weighted by atomic mass is 19.1. The molecule has 0 aliphatic carbocycles. The second-order valence-corrected chi connectivity index (χ2v) is 33.3. The van der Waals surface area contributed by atoms with Gasteiger partial charge in [0.15, 0.2) is 0 Å². The number of rotatable bonds is 24. The van der Waals surface area contributed by atoms with Crippen LogP contribution in [-0.4, -0.2) is 0 Å². The molecule has 0 saturated heterocycles. The molecule has 0 saturated carbocycles. The number of hydrogen-bond donors (Lipinski definition) is 0. The quantitative estimate of drug-likeness (QED) is 0.0529. The van der Waals surface area contributed by atoms with Gasteiger partial charge in [-0.2, -0.15) is 0 Å². The molecule has 16 aromatic rings.